The Kier molecular flexibility index (Phi) is 8.42. The van der Waals surface area contributed by atoms with Crippen LogP contribution in [0.5, 0.6) is 5.75 Å². The maximum atomic E-state index is 15.5. The standard InChI is InChI=1S/C33H35FN4O6/c1-18-22(20-12-27(34)25(29(13-20)44-5)17-38-14-21(15-38)32(41)42)8-6-9-23(18)24-10-7-11-28(19(24)2)35-30(39)26-16-36(3)33(43)37(4)31(26)40/h6-13,21,26H,14-17H2,1-5H3,(H,35,39)(H,41,42). The van der Waals surface area contributed by atoms with Gasteiger partial charge in [-0.25, -0.2) is 9.18 Å². The molecule has 10 nitrogen and oxygen atoms in total. The number of benzene rings is 3. The molecule has 0 saturated carbocycles. The zero-order valence-corrected chi connectivity index (χ0v) is 25.3. The van der Waals surface area contributed by atoms with Crippen molar-refractivity contribution in [1.82, 2.24) is 14.7 Å². The summed E-state index contributed by atoms with van der Waals surface area (Å²) < 4.78 is 21.1. The normalized spacial score (nSPS) is 17.5. The number of anilines is 1. The topological polar surface area (TPSA) is 119 Å². The van der Waals surface area contributed by atoms with Crippen LogP contribution in [0.4, 0.5) is 14.9 Å². The Bertz CT molecular complexity index is 1670. The third-order valence-corrected chi connectivity index (χ3v) is 8.60. The fourth-order valence-electron chi connectivity index (χ4n) is 5.91. The fourth-order valence-corrected chi connectivity index (χ4v) is 5.91. The summed E-state index contributed by atoms with van der Waals surface area (Å²) in [5.74, 6) is -3.40. The molecule has 0 radical (unpaired) electrons. The molecular weight excluding hydrogens is 567 g/mol. The molecule has 1 unspecified atom stereocenters. The van der Waals surface area contributed by atoms with Crippen LogP contribution in [-0.4, -0.2) is 84.5 Å². The summed E-state index contributed by atoms with van der Waals surface area (Å²) in [5.41, 5.74) is 5.79. The molecule has 0 spiro atoms. The predicted octanol–water partition coefficient (Wildman–Crippen LogP) is 4.38. The first-order chi connectivity index (χ1) is 20.9. The lowest BCUT2D eigenvalue weighted by Gasteiger charge is -2.36. The van der Waals surface area contributed by atoms with Crippen LogP contribution in [0.2, 0.25) is 0 Å². The van der Waals surface area contributed by atoms with E-state index in [-0.39, 0.29) is 13.1 Å². The van der Waals surface area contributed by atoms with E-state index in [1.807, 2.05) is 49.1 Å². The van der Waals surface area contributed by atoms with Crippen molar-refractivity contribution in [3.8, 4) is 28.0 Å². The van der Waals surface area contributed by atoms with Crippen LogP contribution in [0.1, 0.15) is 16.7 Å². The van der Waals surface area contributed by atoms with Gasteiger partial charge in [-0.05, 0) is 65.4 Å². The first kappa shape index (κ1) is 30.7. The van der Waals surface area contributed by atoms with Gasteiger partial charge in [0.15, 0.2) is 0 Å². The summed E-state index contributed by atoms with van der Waals surface area (Å²) in [6.45, 7) is 4.81. The summed E-state index contributed by atoms with van der Waals surface area (Å²) >= 11 is 0. The number of hydrogen-bond acceptors (Lipinski definition) is 6. The number of carboxylic acid groups (broad SMARTS) is 1. The number of imide groups is 1. The van der Waals surface area contributed by atoms with Crippen LogP contribution in [0.3, 0.4) is 0 Å². The van der Waals surface area contributed by atoms with Gasteiger partial charge in [-0.3, -0.25) is 24.2 Å². The second kappa shape index (κ2) is 12.1. The lowest BCUT2D eigenvalue weighted by molar-refractivity contribution is -0.148. The van der Waals surface area contributed by atoms with Crippen LogP contribution in [0.15, 0.2) is 48.5 Å². The van der Waals surface area contributed by atoms with E-state index in [9.17, 15) is 19.2 Å². The SMILES string of the molecule is COc1cc(-c2cccc(-c3cccc(NC(=O)C4CN(C)C(=O)N(C)C4=O)c3C)c2C)cc(F)c1CN1CC(C(=O)O)C1. The van der Waals surface area contributed by atoms with E-state index in [0.717, 1.165) is 32.7 Å². The lowest BCUT2D eigenvalue weighted by atomic mass is 9.89. The Morgan fingerprint density at radius 1 is 0.977 bits per heavy atom. The highest BCUT2D eigenvalue weighted by Crippen LogP contribution is 2.38. The fraction of sp³-hybridized carbons (Fsp3) is 0.333. The van der Waals surface area contributed by atoms with Gasteiger partial charge in [0, 0.05) is 51.5 Å². The van der Waals surface area contributed by atoms with Gasteiger partial charge in [-0.2, -0.15) is 0 Å². The number of likely N-dealkylation sites (tertiary alicyclic amines) is 1. The highest BCUT2D eigenvalue weighted by Gasteiger charge is 2.39. The minimum atomic E-state index is -1.02. The van der Waals surface area contributed by atoms with Gasteiger partial charge in [-0.1, -0.05) is 30.3 Å². The summed E-state index contributed by atoms with van der Waals surface area (Å²) in [6.07, 6.45) is 0. The molecule has 3 aromatic carbocycles. The molecule has 2 heterocycles. The number of carboxylic acids is 1. The van der Waals surface area contributed by atoms with Crippen molar-refractivity contribution in [3.63, 3.8) is 0 Å². The summed E-state index contributed by atoms with van der Waals surface area (Å²) in [6, 6.07) is 14.1. The molecule has 44 heavy (non-hydrogen) atoms. The third kappa shape index (κ3) is 5.62. The van der Waals surface area contributed by atoms with Gasteiger partial charge in [0.25, 0.3) is 0 Å². The maximum absolute atomic E-state index is 15.5. The van der Waals surface area contributed by atoms with Gasteiger partial charge < -0.3 is 20.1 Å². The summed E-state index contributed by atoms with van der Waals surface area (Å²) in [5, 5.41) is 12.0. The Hall–Kier alpha value is -4.77. The van der Waals surface area contributed by atoms with E-state index in [2.05, 4.69) is 5.32 Å². The second-order valence-electron chi connectivity index (χ2n) is 11.4. The number of hydrogen-bond donors (Lipinski definition) is 2. The quantitative estimate of drug-likeness (QED) is 0.368. The second-order valence-corrected chi connectivity index (χ2v) is 11.4. The molecule has 2 saturated heterocycles. The lowest BCUT2D eigenvalue weighted by Crippen LogP contribution is -2.56. The zero-order chi connectivity index (χ0) is 31.9. The van der Waals surface area contributed by atoms with Gasteiger partial charge in [0.05, 0.1) is 13.0 Å². The van der Waals surface area contributed by atoms with Crippen molar-refractivity contribution >= 4 is 29.5 Å². The number of methoxy groups -OCH3 is 1. The van der Waals surface area contributed by atoms with E-state index < -0.39 is 41.5 Å². The van der Waals surface area contributed by atoms with Crippen molar-refractivity contribution in [2.45, 2.75) is 20.4 Å². The average Bonchev–Trinajstić information content (AvgIpc) is 2.97. The molecule has 0 aromatic heterocycles. The number of amides is 4. The van der Waals surface area contributed by atoms with E-state index in [1.54, 1.807) is 19.2 Å². The van der Waals surface area contributed by atoms with Crippen molar-refractivity contribution in [3.05, 3.63) is 71.0 Å². The highest BCUT2D eigenvalue weighted by molar-refractivity contribution is 6.12. The molecule has 1 atom stereocenters. The Morgan fingerprint density at radius 3 is 2.27 bits per heavy atom. The Morgan fingerprint density at radius 2 is 1.61 bits per heavy atom. The number of rotatable bonds is 8. The van der Waals surface area contributed by atoms with Crippen LogP contribution >= 0.6 is 0 Å². The first-order valence-electron chi connectivity index (χ1n) is 14.3. The van der Waals surface area contributed by atoms with E-state index in [0.29, 0.717) is 35.7 Å². The number of carbonyl (C=O) groups excluding carboxylic acids is 3. The molecule has 0 bridgehead atoms. The van der Waals surface area contributed by atoms with Gasteiger partial charge >= 0.3 is 12.0 Å². The van der Waals surface area contributed by atoms with Crippen LogP contribution < -0.4 is 10.1 Å². The molecule has 11 heteroatoms. The molecule has 2 aliphatic heterocycles. The number of nitrogens with one attached hydrogen (secondary N) is 1. The average molecular weight is 603 g/mol. The van der Waals surface area contributed by atoms with Crippen LogP contribution in [0.25, 0.3) is 22.3 Å². The van der Waals surface area contributed by atoms with E-state index in [4.69, 9.17) is 9.84 Å². The van der Waals surface area contributed by atoms with Crippen LogP contribution in [0, 0.1) is 31.5 Å². The Balaban J connectivity index is 1.42. The number of nitrogens with zero attached hydrogens (tertiary/aromatic N) is 3. The van der Waals surface area contributed by atoms with Crippen molar-refractivity contribution in [2.24, 2.45) is 11.8 Å². The number of halogens is 1. The number of carbonyl (C=O) groups is 4. The van der Waals surface area contributed by atoms with Crippen molar-refractivity contribution in [1.29, 1.82) is 0 Å². The van der Waals surface area contributed by atoms with Crippen LogP contribution in [-0.2, 0) is 20.9 Å². The molecule has 230 valence electrons. The highest BCUT2D eigenvalue weighted by atomic mass is 19.1. The Labute approximate surface area is 255 Å². The number of aliphatic carboxylic acids is 1. The van der Waals surface area contributed by atoms with Gasteiger partial charge in [0.2, 0.25) is 11.8 Å². The number of urea groups is 1. The first-order valence-corrected chi connectivity index (χ1v) is 14.3. The third-order valence-electron chi connectivity index (χ3n) is 8.60. The van der Waals surface area contributed by atoms with Gasteiger partial charge in [-0.15, -0.1) is 0 Å². The van der Waals surface area contributed by atoms with Crippen molar-refractivity contribution < 1.29 is 33.4 Å². The molecule has 2 fully saturated rings. The minimum Gasteiger partial charge on any atom is -0.496 e. The zero-order valence-electron chi connectivity index (χ0n) is 25.3. The monoisotopic (exact) mass is 602 g/mol. The molecule has 2 N–H and O–H groups in total. The van der Waals surface area contributed by atoms with E-state index >= 15 is 4.39 Å². The van der Waals surface area contributed by atoms with Gasteiger partial charge in [0.1, 0.15) is 17.5 Å². The predicted molar refractivity (Wildman–Crippen MR) is 163 cm³/mol. The molecule has 3 aromatic rings. The smallest absolute Gasteiger partial charge is 0.326 e. The molecule has 2 aliphatic rings. The van der Waals surface area contributed by atoms with E-state index in [1.165, 1.54) is 25.1 Å². The largest absolute Gasteiger partial charge is 0.496 e. The number of ether oxygens (including phenoxy) is 1. The van der Waals surface area contributed by atoms with Crippen molar-refractivity contribution in [2.75, 3.05) is 46.2 Å². The molecule has 5 rings (SSSR count). The summed E-state index contributed by atoms with van der Waals surface area (Å²) in [4.78, 5) is 53.2. The molecule has 0 aliphatic carbocycles. The maximum Gasteiger partial charge on any atom is 0.326 e. The summed E-state index contributed by atoms with van der Waals surface area (Å²) in [7, 11) is 4.39. The molecule has 4 amide bonds. The molecular formula is C33H35FN4O6. The minimum absolute atomic E-state index is 0.00652.